The lowest BCUT2D eigenvalue weighted by molar-refractivity contribution is -0.159. The van der Waals surface area contributed by atoms with Gasteiger partial charge in [-0.2, -0.15) is 13.2 Å². The Hall–Kier alpha value is -2.10. The summed E-state index contributed by atoms with van der Waals surface area (Å²) >= 11 is 0. The van der Waals surface area contributed by atoms with Crippen molar-refractivity contribution in [1.82, 2.24) is 15.1 Å². The van der Waals surface area contributed by atoms with Gasteiger partial charge in [-0.3, -0.25) is 14.5 Å². The Labute approximate surface area is 207 Å². The Bertz CT molecular complexity index is 775. The third-order valence-electron chi connectivity index (χ3n) is 6.19. The van der Waals surface area contributed by atoms with Crippen LogP contribution in [-0.4, -0.2) is 78.6 Å². The summed E-state index contributed by atoms with van der Waals surface area (Å²) in [6.45, 7) is 11.8. The molecule has 3 atom stereocenters. The summed E-state index contributed by atoms with van der Waals surface area (Å²) in [4.78, 5) is 41.5. The average Bonchev–Trinajstić information content (AvgIpc) is 2.72. The number of esters is 1. The molecule has 0 aromatic heterocycles. The highest BCUT2D eigenvalue weighted by Crippen LogP contribution is 2.27. The highest BCUT2D eigenvalue weighted by atomic mass is 19.4. The van der Waals surface area contributed by atoms with E-state index in [1.165, 1.54) is 4.90 Å². The van der Waals surface area contributed by atoms with Gasteiger partial charge in [0.15, 0.2) is 0 Å². The smallest absolute Gasteiger partial charge is 0.401 e. The van der Waals surface area contributed by atoms with Crippen LogP contribution in [0, 0.1) is 11.3 Å². The number of nitrogens with one attached hydrogen (secondary N) is 1. The molecule has 1 saturated heterocycles. The topological polar surface area (TPSA) is 79.0 Å². The lowest BCUT2D eigenvalue weighted by Gasteiger charge is -2.40. The lowest BCUT2D eigenvalue weighted by Crippen LogP contribution is -2.60. The SMILES string of the molecule is CCOC(=O)/C(C)=C/[C@H](C(C)C)N(C)C(=O)C(NC(=O)C1CCCCN1CC(F)(F)F)C(C)(C)C. The van der Waals surface area contributed by atoms with Gasteiger partial charge in [-0.05, 0) is 44.6 Å². The molecule has 0 saturated carbocycles. The van der Waals surface area contributed by atoms with E-state index in [0.717, 1.165) is 4.90 Å². The van der Waals surface area contributed by atoms with E-state index in [9.17, 15) is 27.6 Å². The second kappa shape index (κ2) is 12.7. The Morgan fingerprint density at radius 2 is 1.77 bits per heavy atom. The number of alkyl halides is 3. The summed E-state index contributed by atoms with van der Waals surface area (Å²) in [7, 11) is 1.60. The number of rotatable bonds is 9. The number of halogens is 3. The number of ether oxygens (including phenoxy) is 1. The minimum atomic E-state index is -4.41. The zero-order chi connectivity index (χ0) is 27.1. The summed E-state index contributed by atoms with van der Waals surface area (Å²) < 4.78 is 44.2. The number of nitrogens with zero attached hydrogens (tertiary/aromatic N) is 2. The molecule has 1 heterocycles. The minimum Gasteiger partial charge on any atom is -0.463 e. The van der Waals surface area contributed by atoms with Crippen LogP contribution in [0.25, 0.3) is 0 Å². The molecule has 1 fully saturated rings. The van der Waals surface area contributed by atoms with Gasteiger partial charge < -0.3 is 15.0 Å². The molecule has 7 nitrogen and oxygen atoms in total. The first-order valence-corrected chi connectivity index (χ1v) is 12.2. The maximum Gasteiger partial charge on any atom is 0.401 e. The van der Waals surface area contributed by atoms with Gasteiger partial charge in [0.2, 0.25) is 11.8 Å². The average molecular weight is 506 g/mol. The monoisotopic (exact) mass is 505 g/mol. The van der Waals surface area contributed by atoms with E-state index in [2.05, 4.69) is 5.32 Å². The molecule has 1 rings (SSSR count). The largest absolute Gasteiger partial charge is 0.463 e. The fourth-order valence-electron chi connectivity index (χ4n) is 4.27. The number of likely N-dealkylation sites (tertiary alicyclic amines) is 1. The molecule has 1 aliphatic rings. The van der Waals surface area contributed by atoms with Crippen molar-refractivity contribution in [2.45, 2.75) is 92.0 Å². The van der Waals surface area contributed by atoms with Crippen molar-refractivity contribution >= 4 is 17.8 Å². The van der Waals surface area contributed by atoms with Crippen molar-refractivity contribution in [2.75, 3.05) is 26.7 Å². The normalized spacial score (nSPS) is 19.8. The molecule has 1 aliphatic heterocycles. The van der Waals surface area contributed by atoms with Crippen LogP contribution in [0.3, 0.4) is 0 Å². The Balaban J connectivity index is 3.17. The number of carbonyl (C=O) groups is 3. The first kappa shape index (κ1) is 30.9. The number of hydrogen-bond donors (Lipinski definition) is 1. The van der Waals surface area contributed by atoms with Crippen molar-refractivity contribution in [1.29, 1.82) is 0 Å². The summed E-state index contributed by atoms with van der Waals surface area (Å²) in [6, 6.07) is -2.36. The van der Waals surface area contributed by atoms with Gasteiger partial charge in [0, 0.05) is 12.6 Å². The number of likely N-dealkylation sites (N-methyl/N-ethyl adjacent to an activating group) is 1. The first-order chi connectivity index (χ1) is 16.0. The van der Waals surface area contributed by atoms with Gasteiger partial charge in [-0.15, -0.1) is 0 Å². The van der Waals surface area contributed by atoms with Crippen molar-refractivity contribution < 1.29 is 32.3 Å². The minimum absolute atomic E-state index is 0.0507. The van der Waals surface area contributed by atoms with E-state index in [1.807, 2.05) is 13.8 Å². The van der Waals surface area contributed by atoms with Crippen LogP contribution in [0.5, 0.6) is 0 Å². The van der Waals surface area contributed by atoms with Crippen molar-refractivity contribution in [2.24, 2.45) is 11.3 Å². The van der Waals surface area contributed by atoms with Crippen LogP contribution in [0.1, 0.15) is 67.7 Å². The van der Waals surface area contributed by atoms with Gasteiger partial charge >= 0.3 is 12.1 Å². The summed E-state index contributed by atoms with van der Waals surface area (Å²) in [5.41, 5.74) is -0.335. The van der Waals surface area contributed by atoms with E-state index in [0.29, 0.717) is 24.8 Å². The van der Waals surface area contributed by atoms with Gasteiger partial charge in [-0.1, -0.05) is 47.1 Å². The third-order valence-corrected chi connectivity index (χ3v) is 6.19. The predicted molar refractivity (Wildman–Crippen MR) is 128 cm³/mol. The lowest BCUT2D eigenvalue weighted by atomic mass is 9.84. The van der Waals surface area contributed by atoms with Crippen molar-refractivity contribution in [3.8, 4) is 0 Å². The molecule has 0 aromatic carbocycles. The zero-order valence-electron chi connectivity index (χ0n) is 22.3. The van der Waals surface area contributed by atoms with Gasteiger partial charge in [-0.25, -0.2) is 4.79 Å². The standard InChI is InChI=1S/C25H42F3N3O4/c1-9-35-23(34)17(4)14-19(16(2)3)30(8)22(33)20(24(5,6)7)29-21(32)18-12-10-11-13-31(18)15-25(26,27)28/h14,16,18-20H,9-13,15H2,1-8H3,(H,29,32)/b17-14+/t18?,19-,20?/m1/s1. The van der Waals surface area contributed by atoms with E-state index < -0.39 is 48.1 Å². The summed E-state index contributed by atoms with van der Waals surface area (Å²) in [5, 5.41) is 2.76. The van der Waals surface area contributed by atoms with Gasteiger partial charge in [0.1, 0.15) is 6.04 Å². The molecule has 2 unspecified atom stereocenters. The highest BCUT2D eigenvalue weighted by Gasteiger charge is 2.41. The predicted octanol–water partition coefficient (Wildman–Crippen LogP) is 3.93. The van der Waals surface area contributed by atoms with Gasteiger partial charge in [0.25, 0.3) is 0 Å². The molecule has 1 N–H and O–H groups in total. The van der Waals surface area contributed by atoms with E-state index in [4.69, 9.17) is 4.74 Å². The van der Waals surface area contributed by atoms with E-state index in [1.54, 1.807) is 47.7 Å². The van der Waals surface area contributed by atoms with E-state index in [-0.39, 0.29) is 25.0 Å². The number of amides is 2. The zero-order valence-corrected chi connectivity index (χ0v) is 22.3. The molecule has 0 aromatic rings. The maximum atomic E-state index is 13.6. The number of piperidine rings is 1. The molecule has 2 amide bonds. The summed E-state index contributed by atoms with van der Waals surface area (Å²) in [6.07, 6.45) is -1.20. The van der Waals surface area contributed by atoms with Crippen LogP contribution < -0.4 is 5.32 Å². The Morgan fingerprint density at radius 3 is 2.26 bits per heavy atom. The Morgan fingerprint density at radius 1 is 1.17 bits per heavy atom. The Kier molecular flexibility index (Phi) is 11.3. The van der Waals surface area contributed by atoms with E-state index >= 15 is 0 Å². The molecular weight excluding hydrogens is 463 g/mol. The van der Waals surface area contributed by atoms with Crippen LogP contribution in [-0.2, 0) is 19.1 Å². The van der Waals surface area contributed by atoms with Crippen molar-refractivity contribution in [3.63, 3.8) is 0 Å². The number of carbonyl (C=O) groups excluding carboxylic acids is 3. The molecule has 10 heteroatoms. The third kappa shape index (κ3) is 9.46. The molecule has 0 spiro atoms. The molecule has 202 valence electrons. The fourth-order valence-corrected chi connectivity index (χ4v) is 4.27. The molecule has 0 aliphatic carbocycles. The van der Waals surface area contributed by atoms with Crippen LogP contribution in [0.15, 0.2) is 11.6 Å². The fraction of sp³-hybridized carbons (Fsp3) is 0.800. The van der Waals surface area contributed by atoms with Crippen LogP contribution in [0.2, 0.25) is 0 Å². The van der Waals surface area contributed by atoms with Gasteiger partial charge in [0.05, 0.1) is 25.2 Å². The second-order valence-corrected chi connectivity index (χ2v) is 10.7. The van der Waals surface area contributed by atoms with Crippen LogP contribution >= 0.6 is 0 Å². The molecular formula is C25H42F3N3O4. The number of hydrogen-bond acceptors (Lipinski definition) is 5. The highest BCUT2D eigenvalue weighted by molar-refractivity contribution is 5.91. The maximum absolute atomic E-state index is 13.6. The quantitative estimate of drug-likeness (QED) is 0.380. The van der Waals surface area contributed by atoms with Crippen molar-refractivity contribution in [3.05, 3.63) is 11.6 Å². The summed E-state index contributed by atoms with van der Waals surface area (Å²) in [5.74, 6) is -1.47. The first-order valence-electron chi connectivity index (χ1n) is 12.2. The molecule has 35 heavy (non-hydrogen) atoms. The molecule has 0 radical (unpaired) electrons. The molecule has 0 bridgehead atoms. The van der Waals surface area contributed by atoms with Crippen LogP contribution in [0.4, 0.5) is 13.2 Å². The second-order valence-electron chi connectivity index (χ2n) is 10.7.